The molecule has 0 bridgehead atoms. The SMILES string of the molecule is NC(=O)c1oc([N+](=O)[O-])cc1-c1cccnc1. The molecule has 0 saturated heterocycles. The molecule has 2 aromatic rings. The van der Waals surface area contributed by atoms with E-state index < -0.39 is 16.7 Å². The topological polar surface area (TPSA) is 112 Å². The maximum atomic E-state index is 11.1. The number of aromatic nitrogens is 1. The molecular formula is C10H7N3O4. The number of pyridine rings is 1. The van der Waals surface area contributed by atoms with Gasteiger partial charge >= 0.3 is 5.88 Å². The fraction of sp³-hybridized carbons (Fsp3) is 0. The van der Waals surface area contributed by atoms with Crippen LogP contribution in [0.15, 0.2) is 35.0 Å². The molecule has 0 spiro atoms. The molecule has 86 valence electrons. The van der Waals surface area contributed by atoms with Crippen molar-refractivity contribution in [2.75, 3.05) is 0 Å². The molecule has 0 atom stereocenters. The van der Waals surface area contributed by atoms with E-state index in [1.165, 1.54) is 6.20 Å². The summed E-state index contributed by atoms with van der Waals surface area (Å²) in [6.07, 6.45) is 3.00. The number of hydrogen-bond acceptors (Lipinski definition) is 5. The lowest BCUT2D eigenvalue weighted by molar-refractivity contribution is -0.402. The minimum Gasteiger partial charge on any atom is -0.395 e. The zero-order chi connectivity index (χ0) is 12.4. The fourth-order valence-corrected chi connectivity index (χ4v) is 1.39. The summed E-state index contributed by atoms with van der Waals surface area (Å²) < 4.78 is 4.79. The smallest absolute Gasteiger partial charge is 0.395 e. The minimum absolute atomic E-state index is 0.246. The van der Waals surface area contributed by atoms with E-state index in [0.717, 1.165) is 6.07 Å². The van der Waals surface area contributed by atoms with Crippen molar-refractivity contribution in [1.82, 2.24) is 4.98 Å². The van der Waals surface area contributed by atoms with Crippen LogP contribution in [0.1, 0.15) is 10.6 Å². The summed E-state index contributed by atoms with van der Waals surface area (Å²) in [5, 5.41) is 10.6. The lowest BCUT2D eigenvalue weighted by Gasteiger charge is -1.96. The normalized spacial score (nSPS) is 10.1. The summed E-state index contributed by atoms with van der Waals surface area (Å²) in [4.78, 5) is 24.8. The van der Waals surface area contributed by atoms with Crippen molar-refractivity contribution in [3.63, 3.8) is 0 Å². The molecule has 0 aliphatic heterocycles. The largest absolute Gasteiger partial charge is 0.434 e. The van der Waals surface area contributed by atoms with Gasteiger partial charge in [0.15, 0.2) is 0 Å². The molecule has 0 aliphatic rings. The predicted molar refractivity (Wildman–Crippen MR) is 57.1 cm³/mol. The second kappa shape index (κ2) is 4.05. The van der Waals surface area contributed by atoms with Crippen LogP contribution >= 0.6 is 0 Å². The number of rotatable bonds is 3. The molecule has 0 fully saturated rings. The van der Waals surface area contributed by atoms with E-state index in [0.29, 0.717) is 5.56 Å². The Bertz CT molecular complexity index is 576. The highest BCUT2D eigenvalue weighted by molar-refractivity contribution is 5.97. The monoisotopic (exact) mass is 233 g/mol. The highest BCUT2D eigenvalue weighted by atomic mass is 16.6. The third-order valence-corrected chi connectivity index (χ3v) is 2.10. The number of furan rings is 1. The molecule has 0 saturated carbocycles. The van der Waals surface area contributed by atoms with E-state index in [1.54, 1.807) is 18.3 Å². The molecule has 2 rings (SSSR count). The first-order chi connectivity index (χ1) is 8.09. The Hall–Kier alpha value is -2.70. The van der Waals surface area contributed by atoms with Gasteiger partial charge in [0, 0.05) is 23.5 Å². The van der Waals surface area contributed by atoms with E-state index in [1.807, 2.05) is 0 Å². The molecule has 2 N–H and O–H groups in total. The summed E-state index contributed by atoms with van der Waals surface area (Å²) >= 11 is 0. The summed E-state index contributed by atoms with van der Waals surface area (Å²) in [7, 11) is 0. The van der Waals surface area contributed by atoms with E-state index in [-0.39, 0.29) is 11.3 Å². The van der Waals surface area contributed by atoms with Gasteiger partial charge in [-0.1, -0.05) is 6.07 Å². The van der Waals surface area contributed by atoms with Gasteiger partial charge in [-0.25, -0.2) is 0 Å². The van der Waals surface area contributed by atoms with E-state index in [4.69, 9.17) is 10.2 Å². The average Bonchev–Trinajstić information content (AvgIpc) is 2.75. The standard InChI is InChI=1S/C10H7N3O4/c11-10(14)9-7(4-8(17-9)13(15)16)6-2-1-3-12-5-6/h1-5H,(H2,11,14). The first kappa shape index (κ1) is 10.8. The molecule has 2 aromatic heterocycles. The van der Waals surface area contributed by atoms with Crippen molar-refractivity contribution in [2.24, 2.45) is 5.73 Å². The van der Waals surface area contributed by atoms with Gasteiger partial charge in [-0.15, -0.1) is 0 Å². The van der Waals surface area contributed by atoms with E-state index in [2.05, 4.69) is 4.98 Å². The molecule has 7 nitrogen and oxygen atoms in total. The maximum absolute atomic E-state index is 11.1. The lowest BCUT2D eigenvalue weighted by atomic mass is 10.1. The van der Waals surface area contributed by atoms with Crippen molar-refractivity contribution in [1.29, 1.82) is 0 Å². The van der Waals surface area contributed by atoms with Crippen LogP contribution in [-0.2, 0) is 0 Å². The second-order valence-electron chi connectivity index (χ2n) is 3.19. The van der Waals surface area contributed by atoms with Gasteiger partial charge in [-0.2, -0.15) is 0 Å². The molecule has 7 heteroatoms. The Labute approximate surface area is 95.0 Å². The van der Waals surface area contributed by atoms with Gasteiger partial charge in [0.1, 0.15) is 4.92 Å². The van der Waals surface area contributed by atoms with Gasteiger partial charge in [0.2, 0.25) is 5.76 Å². The van der Waals surface area contributed by atoms with Crippen molar-refractivity contribution >= 4 is 11.8 Å². The molecule has 17 heavy (non-hydrogen) atoms. The van der Waals surface area contributed by atoms with Gasteiger partial charge in [-0.3, -0.25) is 19.9 Å². The highest BCUT2D eigenvalue weighted by Gasteiger charge is 2.23. The lowest BCUT2D eigenvalue weighted by Crippen LogP contribution is -2.10. The number of hydrogen-bond donors (Lipinski definition) is 1. The van der Waals surface area contributed by atoms with Crippen molar-refractivity contribution in [2.45, 2.75) is 0 Å². The number of nitrogens with two attached hydrogens (primary N) is 1. The Morgan fingerprint density at radius 1 is 1.53 bits per heavy atom. The number of nitro groups is 1. The first-order valence-corrected chi connectivity index (χ1v) is 4.58. The molecule has 1 amide bonds. The van der Waals surface area contributed by atoms with Crippen LogP contribution in [0, 0.1) is 10.1 Å². The molecule has 0 aromatic carbocycles. The Balaban J connectivity index is 2.60. The minimum atomic E-state index is -0.864. The first-order valence-electron chi connectivity index (χ1n) is 4.58. The Morgan fingerprint density at radius 3 is 2.82 bits per heavy atom. The van der Waals surface area contributed by atoms with E-state index >= 15 is 0 Å². The molecule has 0 aliphatic carbocycles. The number of nitrogens with zero attached hydrogens (tertiary/aromatic N) is 2. The Kier molecular flexibility index (Phi) is 2.57. The summed E-state index contributed by atoms with van der Waals surface area (Å²) in [6, 6.07) is 4.43. The molecule has 2 heterocycles. The Morgan fingerprint density at radius 2 is 2.29 bits per heavy atom. The van der Waals surface area contributed by atoms with Crippen LogP contribution in [0.25, 0.3) is 11.1 Å². The zero-order valence-electron chi connectivity index (χ0n) is 8.49. The summed E-state index contributed by atoms with van der Waals surface area (Å²) in [6.45, 7) is 0. The van der Waals surface area contributed by atoms with Gasteiger partial charge in [0.25, 0.3) is 5.91 Å². The van der Waals surface area contributed by atoms with E-state index in [9.17, 15) is 14.9 Å². The quantitative estimate of drug-likeness (QED) is 0.635. The molecule has 0 radical (unpaired) electrons. The third kappa shape index (κ3) is 1.98. The fourth-order valence-electron chi connectivity index (χ4n) is 1.39. The van der Waals surface area contributed by atoms with Crippen LogP contribution in [0.5, 0.6) is 0 Å². The molecule has 0 unspecified atom stereocenters. The van der Waals surface area contributed by atoms with Crippen LogP contribution in [0.4, 0.5) is 5.88 Å². The van der Waals surface area contributed by atoms with Gasteiger partial charge < -0.3 is 10.2 Å². The number of carbonyl (C=O) groups excluding carboxylic acids is 1. The predicted octanol–water partition coefficient (Wildman–Crippen LogP) is 1.35. The second-order valence-corrected chi connectivity index (χ2v) is 3.19. The number of primary amides is 1. The van der Waals surface area contributed by atoms with Crippen LogP contribution < -0.4 is 5.73 Å². The van der Waals surface area contributed by atoms with Crippen LogP contribution in [0.3, 0.4) is 0 Å². The zero-order valence-corrected chi connectivity index (χ0v) is 8.49. The number of amides is 1. The van der Waals surface area contributed by atoms with Crippen molar-refractivity contribution < 1.29 is 14.1 Å². The maximum Gasteiger partial charge on any atom is 0.434 e. The van der Waals surface area contributed by atoms with Gasteiger partial charge in [-0.05, 0) is 6.07 Å². The van der Waals surface area contributed by atoms with Crippen LogP contribution in [-0.4, -0.2) is 15.8 Å². The van der Waals surface area contributed by atoms with Crippen molar-refractivity contribution in [3.8, 4) is 11.1 Å². The third-order valence-electron chi connectivity index (χ3n) is 2.10. The van der Waals surface area contributed by atoms with Crippen LogP contribution in [0.2, 0.25) is 0 Å². The summed E-state index contributed by atoms with van der Waals surface area (Å²) in [5.41, 5.74) is 5.88. The number of carbonyl (C=O) groups is 1. The molecular weight excluding hydrogens is 226 g/mol. The van der Waals surface area contributed by atoms with Crippen molar-refractivity contribution in [3.05, 3.63) is 46.5 Å². The highest BCUT2D eigenvalue weighted by Crippen LogP contribution is 2.30. The average molecular weight is 233 g/mol. The van der Waals surface area contributed by atoms with Gasteiger partial charge in [0.05, 0.1) is 6.07 Å². The summed E-state index contributed by atoms with van der Waals surface area (Å²) in [5.74, 6) is -1.64.